The van der Waals surface area contributed by atoms with Crippen LogP contribution in [0.15, 0.2) is 5.38 Å². The number of nitrogens with one attached hydrogen (secondary N) is 1. The van der Waals surface area contributed by atoms with Crippen LogP contribution in [0.1, 0.15) is 49.9 Å². The molecule has 114 valence electrons. The fourth-order valence-electron chi connectivity index (χ4n) is 3.03. The van der Waals surface area contributed by atoms with Gasteiger partial charge in [0, 0.05) is 24.0 Å². The van der Waals surface area contributed by atoms with Crippen LogP contribution in [-0.2, 0) is 9.59 Å². The van der Waals surface area contributed by atoms with E-state index < -0.39 is 5.54 Å². The van der Waals surface area contributed by atoms with Gasteiger partial charge in [-0.25, -0.2) is 4.98 Å². The number of carbonyl (C=O) groups excluding carboxylic acids is 2. The number of thiazole rings is 1. The Bertz CT molecular complexity index is 581. The average Bonchev–Trinajstić information content (AvgIpc) is 3.21. The van der Waals surface area contributed by atoms with Crippen molar-refractivity contribution < 1.29 is 9.59 Å². The van der Waals surface area contributed by atoms with Gasteiger partial charge in [0.05, 0.1) is 6.04 Å². The smallest absolute Gasteiger partial charge is 0.248 e. The molecule has 2 unspecified atom stereocenters. The molecule has 1 saturated carbocycles. The topological polar surface area (TPSA) is 62.3 Å². The molecule has 2 heterocycles. The summed E-state index contributed by atoms with van der Waals surface area (Å²) in [5.74, 6) is 0.291. The van der Waals surface area contributed by atoms with Crippen LogP contribution < -0.4 is 5.32 Å². The SMILES string of the molecule is Cc1csc(C(C)N2CCC(=O)NC(C)(C3CC3)C2=O)n1. The van der Waals surface area contributed by atoms with Crippen molar-refractivity contribution in [2.24, 2.45) is 5.92 Å². The molecule has 1 aromatic heterocycles. The van der Waals surface area contributed by atoms with Crippen LogP contribution in [0.2, 0.25) is 0 Å². The molecule has 0 radical (unpaired) electrons. The van der Waals surface area contributed by atoms with Gasteiger partial charge in [-0.3, -0.25) is 9.59 Å². The summed E-state index contributed by atoms with van der Waals surface area (Å²) >= 11 is 1.57. The van der Waals surface area contributed by atoms with Gasteiger partial charge in [-0.2, -0.15) is 0 Å². The van der Waals surface area contributed by atoms with E-state index in [1.165, 1.54) is 0 Å². The Balaban J connectivity index is 1.89. The third-order valence-corrected chi connectivity index (χ3v) is 5.67. The third kappa shape index (κ3) is 2.57. The molecule has 1 aromatic rings. The maximum absolute atomic E-state index is 13.0. The molecule has 1 aliphatic carbocycles. The van der Waals surface area contributed by atoms with Gasteiger partial charge in [-0.05, 0) is 39.5 Å². The first-order valence-electron chi connectivity index (χ1n) is 7.46. The minimum absolute atomic E-state index is 0.0252. The normalized spacial score (nSPS) is 28.2. The second-order valence-electron chi connectivity index (χ2n) is 6.28. The van der Waals surface area contributed by atoms with Crippen molar-refractivity contribution >= 4 is 23.2 Å². The van der Waals surface area contributed by atoms with Crippen molar-refractivity contribution in [3.05, 3.63) is 16.1 Å². The van der Waals surface area contributed by atoms with Gasteiger partial charge in [-0.15, -0.1) is 11.3 Å². The Morgan fingerprint density at radius 2 is 2.19 bits per heavy atom. The van der Waals surface area contributed by atoms with Crippen LogP contribution in [0.25, 0.3) is 0 Å². The van der Waals surface area contributed by atoms with E-state index in [2.05, 4.69) is 10.3 Å². The molecule has 1 N–H and O–H groups in total. The number of aromatic nitrogens is 1. The van der Waals surface area contributed by atoms with Gasteiger partial charge in [0.1, 0.15) is 10.5 Å². The summed E-state index contributed by atoms with van der Waals surface area (Å²) < 4.78 is 0. The first-order valence-corrected chi connectivity index (χ1v) is 8.34. The third-order valence-electron chi connectivity index (χ3n) is 4.54. The van der Waals surface area contributed by atoms with Crippen molar-refractivity contribution in [3.8, 4) is 0 Å². The van der Waals surface area contributed by atoms with Crippen molar-refractivity contribution in [2.75, 3.05) is 6.54 Å². The Labute approximate surface area is 128 Å². The molecule has 1 aliphatic heterocycles. The monoisotopic (exact) mass is 307 g/mol. The summed E-state index contributed by atoms with van der Waals surface area (Å²) in [6, 6.07) is -0.0815. The summed E-state index contributed by atoms with van der Waals surface area (Å²) in [6.07, 6.45) is 2.39. The summed E-state index contributed by atoms with van der Waals surface area (Å²) in [5.41, 5.74) is 0.233. The molecule has 5 nitrogen and oxygen atoms in total. The quantitative estimate of drug-likeness (QED) is 0.929. The standard InChI is InChI=1S/C15H21N3O2S/c1-9-8-21-13(16-9)10(2)18-7-6-12(19)17-15(3,14(18)20)11-4-5-11/h8,10-11H,4-7H2,1-3H3,(H,17,19). The van der Waals surface area contributed by atoms with Crippen molar-refractivity contribution in [1.82, 2.24) is 15.2 Å². The van der Waals surface area contributed by atoms with E-state index in [4.69, 9.17) is 0 Å². The van der Waals surface area contributed by atoms with Gasteiger partial charge in [0.15, 0.2) is 0 Å². The molecular weight excluding hydrogens is 286 g/mol. The number of amides is 2. The van der Waals surface area contributed by atoms with Gasteiger partial charge < -0.3 is 10.2 Å². The first-order chi connectivity index (χ1) is 9.91. The van der Waals surface area contributed by atoms with Gasteiger partial charge in [0.2, 0.25) is 11.8 Å². The molecule has 0 spiro atoms. The average molecular weight is 307 g/mol. The Hall–Kier alpha value is -1.43. The molecule has 21 heavy (non-hydrogen) atoms. The highest BCUT2D eigenvalue weighted by atomic mass is 32.1. The Morgan fingerprint density at radius 1 is 1.48 bits per heavy atom. The lowest BCUT2D eigenvalue weighted by atomic mass is 9.93. The van der Waals surface area contributed by atoms with E-state index in [0.717, 1.165) is 23.5 Å². The number of nitrogens with zero attached hydrogens (tertiary/aromatic N) is 2. The summed E-state index contributed by atoms with van der Waals surface area (Å²) in [7, 11) is 0. The summed E-state index contributed by atoms with van der Waals surface area (Å²) in [5, 5.41) is 5.90. The van der Waals surface area contributed by atoms with Gasteiger partial charge >= 0.3 is 0 Å². The summed E-state index contributed by atoms with van der Waals surface area (Å²) in [6.45, 7) is 6.30. The zero-order valence-corrected chi connectivity index (χ0v) is 13.5. The van der Waals surface area contributed by atoms with Crippen LogP contribution >= 0.6 is 11.3 Å². The number of carbonyl (C=O) groups is 2. The van der Waals surface area contributed by atoms with E-state index in [9.17, 15) is 9.59 Å². The van der Waals surface area contributed by atoms with E-state index in [1.807, 2.05) is 31.1 Å². The van der Waals surface area contributed by atoms with Crippen molar-refractivity contribution in [2.45, 2.75) is 51.6 Å². The highest BCUT2D eigenvalue weighted by Gasteiger charge is 2.51. The Morgan fingerprint density at radius 3 is 2.76 bits per heavy atom. The largest absolute Gasteiger partial charge is 0.342 e. The lowest BCUT2D eigenvalue weighted by molar-refractivity contribution is -0.141. The van der Waals surface area contributed by atoms with Crippen LogP contribution in [0.4, 0.5) is 0 Å². The number of hydrogen-bond acceptors (Lipinski definition) is 4. The van der Waals surface area contributed by atoms with E-state index in [1.54, 1.807) is 11.3 Å². The van der Waals surface area contributed by atoms with Crippen LogP contribution in [-0.4, -0.2) is 33.8 Å². The molecule has 2 aliphatic rings. The lowest BCUT2D eigenvalue weighted by Gasteiger charge is -2.34. The molecule has 6 heteroatoms. The van der Waals surface area contributed by atoms with Crippen molar-refractivity contribution in [1.29, 1.82) is 0 Å². The minimum atomic E-state index is -0.742. The molecule has 2 amide bonds. The number of rotatable bonds is 3. The minimum Gasteiger partial charge on any atom is -0.342 e. The van der Waals surface area contributed by atoms with E-state index >= 15 is 0 Å². The summed E-state index contributed by atoms with van der Waals surface area (Å²) in [4.78, 5) is 31.3. The number of hydrogen-bond donors (Lipinski definition) is 1. The molecule has 0 aromatic carbocycles. The van der Waals surface area contributed by atoms with Crippen LogP contribution in [0, 0.1) is 12.8 Å². The molecule has 0 bridgehead atoms. The molecule has 2 fully saturated rings. The zero-order valence-electron chi connectivity index (χ0n) is 12.7. The second-order valence-corrected chi connectivity index (χ2v) is 7.17. The first kappa shape index (κ1) is 14.5. The second kappa shape index (κ2) is 5.09. The molecule has 2 atom stereocenters. The predicted molar refractivity (Wildman–Crippen MR) is 80.9 cm³/mol. The fourth-order valence-corrected chi connectivity index (χ4v) is 3.90. The number of aryl methyl sites for hydroxylation is 1. The predicted octanol–water partition coefficient (Wildman–Crippen LogP) is 2.03. The van der Waals surface area contributed by atoms with Crippen LogP contribution in [0.3, 0.4) is 0 Å². The fraction of sp³-hybridized carbons (Fsp3) is 0.667. The Kier molecular flexibility index (Phi) is 3.51. The maximum Gasteiger partial charge on any atom is 0.248 e. The van der Waals surface area contributed by atoms with Gasteiger partial charge in [-0.1, -0.05) is 0 Å². The highest BCUT2D eigenvalue weighted by molar-refractivity contribution is 7.09. The van der Waals surface area contributed by atoms with E-state index in [0.29, 0.717) is 13.0 Å². The van der Waals surface area contributed by atoms with E-state index in [-0.39, 0.29) is 23.8 Å². The highest BCUT2D eigenvalue weighted by Crippen LogP contribution is 2.42. The van der Waals surface area contributed by atoms with Gasteiger partial charge in [0.25, 0.3) is 0 Å². The maximum atomic E-state index is 13.0. The van der Waals surface area contributed by atoms with Crippen molar-refractivity contribution in [3.63, 3.8) is 0 Å². The zero-order chi connectivity index (χ0) is 15.2. The van der Waals surface area contributed by atoms with Crippen LogP contribution in [0.5, 0.6) is 0 Å². The molecular formula is C15H21N3O2S. The molecule has 1 saturated heterocycles. The lowest BCUT2D eigenvalue weighted by Crippen LogP contribution is -2.57. The molecule has 3 rings (SSSR count).